The van der Waals surface area contributed by atoms with E-state index in [1.807, 2.05) is 27.7 Å². The molecule has 3 N–H and O–H groups in total. The third-order valence-electron chi connectivity index (χ3n) is 3.42. The summed E-state index contributed by atoms with van der Waals surface area (Å²) in [4.78, 5) is 11.8. The molecule has 6 heteroatoms. The fourth-order valence-corrected chi connectivity index (χ4v) is 2.36. The second-order valence-corrected chi connectivity index (χ2v) is 5.95. The molecule has 0 bridgehead atoms. The molecule has 1 aromatic heterocycles. The highest BCUT2D eigenvalue weighted by Gasteiger charge is 2.15. The highest BCUT2D eigenvalue weighted by molar-refractivity contribution is 5.74. The van der Waals surface area contributed by atoms with Crippen LogP contribution < -0.4 is 10.6 Å². The van der Waals surface area contributed by atoms with Gasteiger partial charge in [0.25, 0.3) is 0 Å². The van der Waals surface area contributed by atoms with Gasteiger partial charge in [-0.1, -0.05) is 12.1 Å². The molecular formula is C15H27N3O3. The largest absolute Gasteiger partial charge is 0.393 e. The first-order chi connectivity index (χ1) is 9.79. The van der Waals surface area contributed by atoms with E-state index in [0.29, 0.717) is 19.4 Å². The van der Waals surface area contributed by atoms with Crippen molar-refractivity contribution in [2.75, 3.05) is 6.54 Å². The second kappa shape index (κ2) is 8.02. The molecule has 1 heterocycles. The number of nitrogens with zero attached hydrogens (tertiary/aromatic N) is 1. The van der Waals surface area contributed by atoms with Gasteiger partial charge in [-0.3, -0.25) is 0 Å². The van der Waals surface area contributed by atoms with E-state index in [1.54, 1.807) is 6.92 Å². The minimum Gasteiger partial charge on any atom is -0.393 e. The van der Waals surface area contributed by atoms with Gasteiger partial charge in [0.1, 0.15) is 5.76 Å². The zero-order valence-electron chi connectivity index (χ0n) is 13.6. The Labute approximate surface area is 126 Å². The summed E-state index contributed by atoms with van der Waals surface area (Å²) in [7, 11) is 0. The Morgan fingerprint density at radius 3 is 2.52 bits per heavy atom. The van der Waals surface area contributed by atoms with E-state index in [0.717, 1.165) is 17.0 Å². The van der Waals surface area contributed by atoms with Crippen molar-refractivity contribution in [1.82, 2.24) is 15.8 Å². The fourth-order valence-electron chi connectivity index (χ4n) is 2.36. The molecule has 0 saturated carbocycles. The molecule has 0 aliphatic heterocycles. The van der Waals surface area contributed by atoms with E-state index in [4.69, 9.17) is 4.52 Å². The van der Waals surface area contributed by atoms with Gasteiger partial charge in [0.2, 0.25) is 0 Å². The first-order valence-electron chi connectivity index (χ1n) is 7.43. The average Bonchev–Trinajstić information content (AvgIpc) is 2.67. The predicted octanol–water partition coefficient (Wildman–Crippen LogP) is 1.93. The lowest BCUT2D eigenvalue weighted by Gasteiger charge is -2.17. The van der Waals surface area contributed by atoms with Gasteiger partial charge in [-0.25, -0.2) is 4.79 Å². The molecule has 21 heavy (non-hydrogen) atoms. The molecule has 0 spiro atoms. The third-order valence-corrected chi connectivity index (χ3v) is 3.42. The van der Waals surface area contributed by atoms with Crippen LogP contribution in [0, 0.1) is 19.8 Å². The lowest BCUT2D eigenvalue weighted by Crippen LogP contribution is -2.43. The van der Waals surface area contributed by atoms with Crippen LogP contribution in [0.4, 0.5) is 4.79 Å². The molecule has 3 unspecified atom stereocenters. The van der Waals surface area contributed by atoms with Crippen LogP contribution in [-0.2, 0) is 6.42 Å². The van der Waals surface area contributed by atoms with Gasteiger partial charge < -0.3 is 20.3 Å². The highest BCUT2D eigenvalue weighted by Crippen LogP contribution is 2.14. The summed E-state index contributed by atoms with van der Waals surface area (Å²) in [6.07, 6.45) is 1.02. The highest BCUT2D eigenvalue weighted by atomic mass is 16.5. The maximum atomic E-state index is 11.8. The van der Waals surface area contributed by atoms with Gasteiger partial charge in [0, 0.05) is 18.2 Å². The van der Waals surface area contributed by atoms with Crippen molar-refractivity contribution in [1.29, 1.82) is 0 Å². The summed E-state index contributed by atoms with van der Waals surface area (Å²) in [5.74, 6) is 1.04. The molecule has 0 aliphatic rings. The van der Waals surface area contributed by atoms with Gasteiger partial charge in [-0.15, -0.1) is 0 Å². The van der Waals surface area contributed by atoms with Crippen LogP contribution in [0.3, 0.4) is 0 Å². The molecule has 3 atom stereocenters. The minimum atomic E-state index is -0.344. The summed E-state index contributed by atoms with van der Waals surface area (Å²) in [6, 6.07) is -0.194. The Morgan fingerprint density at radius 1 is 1.33 bits per heavy atom. The van der Waals surface area contributed by atoms with Crippen LogP contribution in [0.5, 0.6) is 0 Å². The molecule has 6 nitrogen and oxygen atoms in total. The third kappa shape index (κ3) is 6.16. The van der Waals surface area contributed by atoms with E-state index >= 15 is 0 Å². The molecule has 0 aromatic carbocycles. The van der Waals surface area contributed by atoms with Crippen molar-refractivity contribution in [3.8, 4) is 0 Å². The molecule has 0 saturated heterocycles. The number of carbonyl (C=O) groups is 1. The first-order valence-corrected chi connectivity index (χ1v) is 7.43. The number of carbonyl (C=O) groups excluding carboxylic acids is 1. The van der Waals surface area contributed by atoms with Crippen molar-refractivity contribution in [2.45, 2.75) is 59.6 Å². The molecule has 1 rings (SSSR count). The standard InChI is InChI=1S/C15H27N3O3/c1-9(6-11(3)19)8-16-15(20)17-10(2)7-14-12(4)18-21-13(14)5/h9-11,19H,6-8H2,1-5H3,(H2,16,17,20). The summed E-state index contributed by atoms with van der Waals surface area (Å²) < 4.78 is 5.12. The topological polar surface area (TPSA) is 87.4 Å². The molecule has 0 radical (unpaired) electrons. The predicted molar refractivity (Wildman–Crippen MR) is 81.1 cm³/mol. The Balaban J connectivity index is 2.34. The van der Waals surface area contributed by atoms with Crippen LogP contribution in [0.15, 0.2) is 4.52 Å². The SMILES string of the molecule is Cc1noc(C)c1CC(C)NC(=O)NCC(C)CC(C)O. The maximum absolute atomic E-state index is 11.8. The van der Waals surface area contributed by atoms with Crippen molar-refractivity contribution in [3.63, 3.8) is 0 Å². The van der Waals surface area contributed by atoms with Gasteiger partial charge in [0.05, 0.1) is 11.8 Å². The summed E-state index contributed by atoms with van der Waals surface area (Å²) in [5.41, 5.74) is 1.91. The van der Waals surface area contributed by atoms with Gasteiger partial charge in [0.15, 0.2) is 0 Å². The van der Waals surface area contributed by atoms with Gasteiger partial charge >= 0.3 is 6.03 Å². The van der Waals surface area contributed by atoms with E-state index in [-0.39, 0.29) is 24.1 Å². The number of aromatic nitrogens is 1. The van der Waals surface area contributed by atoms with Crippen LogP contribution >= 0.6 is 0 Å². The Kier molecular flexibility index (Phi) is 6.68. The zero-order valence-corrected chi connectivity index (χ0v) is 13.6. The van der Waals surface area contributed by atoms with Crippen LogP contribution in [0.1, 0.15) is 44.2 Å². The van der Waals surface area contributed by atoms with E-state index in [2.05, 4.69) is 15.8 Å². The molecule has 1 aromatic rings. The second-order valence-electron chi connectivity index (χ2n) is 5.95. The van der Waals surface area contributed by atoms with Crippen molar-refractivity contribution in [3.05, 3.63) is 17.0 Å². The average molecular weight is 297 g/mol. The van der Waals surface area contributed by atoms with Crippen LogP contribution in [0.25, 0.3) is 0 Å². The summed E-state index contributed by atoms with van der Waals surface area (Å²) in [5, 5.41) is 18.9. The number of nitrogens with one attached hydrogen (secondary N) is 2. The van der Waals surface area contributed by atoms with E-state index in [9.17, 15) is 9.90 Å². The molecule has 0 aliphatic carbocycles. The molecule has 120 valence electrons. The number of hydrogen-bond donors (Lipinski definition) is 3. The minimum absolute atomic E-state index is 0.00567. The number of amides is 2. The normalized spacial score (nSPS) is 15.3. The Bertz CT molecular complexity index is 438. The van der Waals surface area contributed by atoms with Crippen molar-refractivity contribution in [2.24, 2.45) is 5.92 Å². The quantitative estimate of drug-likeness (QED) is 0.717. The van der Waals surface area contributed by atoms with E-state index < -0.39 is 0 Å². The lowest BCUT2D eigenvalue weighted by atomic mass is 10.0. The number of aliphatic hydroxyl groups excluding tert-OH is 1. The Hall–Kier alpha value is -1.56. The number of hydrogen-bond acceptors (Lipinski definition) is 4. The number of aliphatic hydroxyl groups is 1. The number of rotatable bonds is 7. The lowest BCUT2D eigenvalue weighted by molar-refractivity contribution is 0.163. The molecule has 0 fully saturated rings. The maximum Gasteiger partial charge on any atom is 0.315 e. The molecule has 2 amide bonds. The number of aryl methyl sites for hydroxylation is 2. The van der Waals surface area contributed by atoms with Gasteiger partial charge in [-0.2, -0.15) is 0 Å². The van der Waals surface area contributed by atoms with Crippen LogP contribution in [-0.4, -0.2) is 35.0 Å². The fraction of sp³-hybridized carbons (Fsp3) is 0.733. The monoisotopic (exact) mass is 297 g/mol. The summed E-state index contributed by atoms with van der Waals surface area (Å²) in [6.45, 7) is 10.0. The van der Waals surface area contributed by atoms with Gasteiger partial charge in [-0.05, 0) is 46.5 Å². The van der Waals surface area contributed by atoms with E-state index in [1.165, 1.54) is 0 Å². The molecular weight excluding hydrogens is 270 g/mol. The van der Waals surface area contributed by atoms with Crippen molar-refractivity contribution >= 4 is 6.03 Å². The first kappa shape index (κ1) is 17.5. The van der Waals surface area contributed by atoms with Crippen LogP contribution in [0.2, 0.25) is 0 Å². The van der Waals surface area contributed by atoms with Crippen molar-refractivity contribution < 1.29 is 14.4 Å². The zero-order chi connectivity index (χ0) is 16.0. The Morgan fingerprint density at radius 2 is 2.00 bits per heavy atom. The number of urea groups is 1. The summed E-state index contributed by atoms with van der Waals surface area (Å²) >= 11 is 0. The smallest absolute Gasteiger partial charge is 0.315 e.